The SMILES string of the molecule is Cn1c(SCC2=C(C(=O)O)N3C(=O)C(NC(=O)Cc4ccccc4NC(=O)n4c(=O)[nH]c5ccccc54)[C@H]3SC2)n[nH]c(=O)c1=O. The number of carboxylic acids is 1. The van der Waals surface area contributed by atoms with Gasteiger partial charge >= 0.3 is 28.8 Å². The number of aliphatic carboxylic acids is 1. The molecule has 18 heteroatoms. The molecule has 4 heterocycles. The lowest BCUT2D eigenvalue weighted by Crippen LogP contribution is -2.70. The number of carboxylic acid groups (broad SMARTS) is 1. The van der Waals surface area contributed by atoms with Crippen LogP contribution in [-0.2, 0) is 27.9 Å². The van der Waals surface area contributed by atoms with E-state index in [0.717, 1.165) is 25.8 Å². The van der Waals surface area contributed by atoms with Gasteiger partial charge in [-0.2, -0.15) is 0 Å². The van der Waals surface area contributed by atoms with Gasteiger partial charge in [-0.1, -0.05) is 42.1 Å². The lowest BCUT2D eigenvalue weighted by atomic mass is 10.0. The maximum Gasteiger partial charge on any atom is 0.352 e. The monoisotopic (exact) mass is 664 g/mol. The summed E-state index contributed by atoms with van der Waals surface area (Å²) in [5.41, 5.74) is -0.524. The Morgan fingerprint density at radius 3 is 2.61 bits per heavy atom. The van der Waals surface area contributed by atoms with Crippen molar-refractivity contribution in [3.05, 3.63) is 96.6 Å². The first kappa shape index (κ1) is 30.7. The second-order valence-corrected chi connectivity index (χ2v) is 12.3. The minimum atomic E-state index is -1.32. The summed E-state index contributed by atoms with van der Waals surface area (Å²) in [6.45, 7) is 0. The largest absolute Gasteiger partial charge is 0.477 e. The van der Waals surface area contributed by atoms with E-state index in [0.29, 0.717) is 27.9 Å². The molecular formula is C28H24N8O8S2. The van der Waals surface area contributed by atoms with Crippen molar-refractivity contribution in [3.63, 3.8) is 0 Å². The number of aromatic amines is 2. The molecule has 2 aromatic heterocycles. The normalized spacial score (nSPS) is 17.4. The number of anilines is 1. The van der Waals surface area contributed by atoms with Crippen molar-refractivity contribution in [2.75, 3.05) is 16.8 Å². The average molecular weight is 665 g/mol. The second-order valence-electron chi connectivity index (χ2n) is 10.2. The molecule has 2 atom stereocenters. The Kier molecular flexibility index (Phi) is 8.13. The number of thioether (sulfide) groups is 2. The van der Waals surface area contributed by atoms with Crippen LogP contribution in [0, 0.1) is 0 Å². The van der Waals surface area contributed by atoms with Gasteiger partial charge in [0.2, 0.25) is 5.91 Å². The first-order chi connectivity index (χ1) is 22.0. The second kappa shape index (κ2) is 12.2. The van der Waals surface area contributed by atoms with Crippen LogP contribution in [0.5, 0.6) is 0 Å². The highest BCUT2D eigenvalue weighted by molar-refractivity contribution is 8.01. The molecule has 1 saturated heterocycles. The summed E-state index contributed by atoms with van der Waals surface area (Å²) in [5.74, 6) is -2.13. The predicted molar refractivity (Wildman–Crippen MR) is 168 cm³/mol. The van der Waals surface area contributed by atoms with Crippen LogP contribution in [0.2, 0.25) is 0 Å². The Labute approximate surface area is 265 Å². The van der Waals surface area contributed by atoms with Crippen molar-refractivity contribution < 1.29 is 24.3 Å². The molecule has 2 aromatic carbocycles. The van der Waals surface area contributed by atoms with Gasteiger partial charge in [0.25, 0.3) is 5.91 Å². The Hall–Kier alpha value is -5.36. The van der Waals surface area contributed by atoms with Crippen LogP contribution >= 0.6 is 23.5 Å². The third-order valence-electron chi connectivity index (χ3n) is 7.38. The lowest BCUT2D eigenvalue weighted by molar-refractivity contribution is -0.150. The molecule has 2 aliphatic rings. The number of carbonyl (C=O) groups excluding carboxylic acids is 3. The summed E-state index contributed by atoms with van der Waals surface area (Å²) < 4.78 is 2.00. The van der Waals surface area contributed by atoms with Crippen molar-refractivity contribution >= 4 is 64.1 Å². The number of fused-ring (bicyclic) bond motifs is 2. The van der Waals surface area contributed by atoms with Crippen LogP contribution < -0.4 is 27.4 Å². The van der Waals surface area contributed by atoms with E-state index in [2.05, 4.69) is 25.8 Å². The molecular weight excluding hydrogens is 640 g/mol. The van der Waals surface area contributed by atoms with Gasteiger partial charge in [-0.25, -0.2) is 24.0 Å². The van der Waals surface area contributed by atoms with Crippen LogP contribution in [0.1, 0.15) is 5.56 Å². The minimum absolute atomic E-state index is 0.0850. The number of hydrogen-bond acceptors (Lipinski definition) is 10. The Bertz CT molecular complexity index is 2150. The van der Waals surface area contributed by atoms with Gasteiger partial charge in [0.05, 0.1) is 17.5 Å². The van der Waals surface area contributed by atoms with E-state index in [1.165, 1.54) is 18.8 Å². The molecule has 4 aromatic rings. The van der Waals surface area contributed by atoms with Crippen molar-refractivity contribution in [1.29, 1.82) is 0 Å². The number of carbonyl (C=O) groups is 4. The maximum absolute atomic E-state index is 13.1. The number of nitrogens with one attached hydrogen (secondary N) is 4. The number of rotatable bonds is 8. The van der Waals surface area contributed by atoms with E-state index in [4.69, 9.17) is 0 Å². The highest BCUT2D eigenvalue weighted by Gasteiger charge is 2.54. The third-order valence-corrected chi connectivity index (χ3v) is 9.84. The molecule has 46 heavy (non-hydrogen) atoms. The number of benzene rings is 2. The average Bonchev–Trinajstić information content (AvgIpc) is 3.38. The standard InChI is InChI=1S/C28H24N8O8S2/c1-34-23(40)21(38)32-33-28(34)46-12-14-11-45-24-19(22(39)36(24)20(14)25(41)42)31-18(37)10-13-6-2-3-7-15(13)29-26(43)35-17-9-5-4-8-16(17)30-27(35)44/h2-9,19,24H,10-12H2,1H3,(H,29,43)(H,30,44)(H,31,37)(H,32,38)(H,41,42)/t19?,24-/m1/s1. The van der Waals surface area contributed by atoms with Crippen LogP contribution in [0.4, 0.5) is 10.5 Å². The van der Waals surface area contributed by atoms with Gasteiger partial charge in [-0.05, 0) is 29.3 Å². The van der Waals surface area contributed by atoms with Crippen molar-refractivity contribution in [2.45, 2.75) is 23.0 Å². The van der Waals surface area contributed by atoms with Crippen LogP contribution in [0.25, 0.3) is 11.0 Å². The number of imidazole rings is 1. The Balaban J connectivity index is 1.13. The van der Waals surface area contributed by atoms with E-state index in [1.807, 2.05) is 0 Å². The predicted octanol–water partition coefficient (Wildman–Crippen LogP) is 0.265. The number of para-hydroxylation sites is 3. The van der Waals surface area contributed by atoms with E-state index in [9.17, 15) is 38.7 Å². The van der Waals surface area contributed by atoms with E-state index >= 15 is 0 Å². The molecule has 1 unspecified atom stereocenters. The van der Waals surface area contributed by atoms with Crippen LogP contribution in [0.15, 0.2) is 79.3 Å². The van der Waals surface area contributed by atoms with E-state index in [-0.39, 0.29) is 28.8 Å². The summed E-state index contributed by atoms with van der Waals surface area (Å²) in [6, 6.07) is 11.5. The van der Waals surface area contributed by atoms with Gasteiger partial charge in [-0.3, -0.25) is 28.6 Å². The van der Waals surface area contributed by atoms with Gasteiger partial charge in [0.1, 0.15) is 17.1 Å². The molecule has 236 valence electrons. The number of β-lactam (4-membered cyclic amide) rings is 1. The molecule has 0 aliphatic carbocycles. The highest BCUT2D eigenvalue weighted by Crippen LogP contribution is 2.41. The van der Waals surface area contributed by atoms with Crippen molar-refractivity contribution in [3.8, 4) is 0 Å². The zero-order chi connectivity index (χ0) is 32.7. The number of hydrogen-bond donors (Lipinski definition) is 5. The summed E-state index contributed by atoms with van der Waals surface area (Å²) in [5, 5.41) is 20.7. The topological polar surface area (TPSA) is 221 Å². The highest BCUT2D eigenvalue weighted by atomic mass is 32.2. The lowest BCUT2D eigenvalue weighted by Gasteiger charge is -2.49. The Morgan fingerprint density at radius 2 is 1.83 bits per heavy atom. The van der Waals surface area contributed by atoms with Crippen LogP contribution in [0.3, 0.4) is 0 Å². The van der Waals surface area contributed by atoms with E-state index < -0.39 is 52.0 Å². The smallest absolute Gasteiger partial charge is 0.352 e. The summed E-state index contributed by atoms with van der Waals surface area (Å²) in [4.78, 5) is 91.1. The minimum Gasteiger partial charge on any atom is -0.477 e. The fourth-order valence-corrected chi connectivity index (χ4v) is 7.56. The first-order valence-corrected chi connectivity index (χ1v) is 15.7. The van der Waals surface area contributed by atoms with Gasteiger partial charge in [0, 0.05) is 24.2 Å². The zero-order valence-corrected chi connectivity index (χ0v) is 25.4. The molecule has 2 aliphatic heterocycles. The Morgan fingerprint density at radius 1 is 1.09 bits per heavy atom. The molecule has 3 amide bonds. The molecule has 6 rings (SSSR count). The molecule has 0 radical (unpaired) electrons. The van der Waals surface area contributed by atoms with Gasteiger partial charge in [-0.15, -0.1) is 16.9 Å². The quantitative estimate of drug-likeness (QED) is 0.0977. The molecule has 0 saturated carbocycles. The summed E-state index contributed by atoms with van der Waals surface area (Å²) in [7, 11) is 1.37. The van der Waals surface area contributed by atoms with Crippen LogP contribution in [-0.4, -0.2) is 81.1 Å². The van der Waals surface area contributed by atoms with Gasteiger partial charge in [0.15, 0.2) is 5.16 Å². The number of H-pyrrole nitrogens is 2. The number of aromatic nitrogens is 5. The zero-order valence-electron chi connectivity index (χ0n) is 23.8. The fourth-order valence-electron chi connectivity index (χ4n) is 5.16. The van der Waals surface area contributed by atoms with Crippen molar-refractivity contribution in [1.82, 2.24) is 34.5 Å². The maximum atomic E-state index is 13.1. The fraction of sp³-hybridized carbons (Fsp3) is 0.214. The molecule has 0 bridgehead atoms. The van der Waals surface area contributed by atoms with Gasteiger partial charge < -0.3 is 20.7 Å². The molecule has 0 spiro atoms. The van der Waals surface area contributed by atoms with Crippen molar-refractivity contribution in [2.24, 2.45) is 7.05 Å². The molecule has 5 N–H and O–H groups in total. The summed E-state index contributed by atoms with van der Waals surface area (Å²) >= 11 is 2.31. The first-order valence-electron chi connectivity index (χ1n) is 13.6. The summed E-state index contributed by atoms with van der Waals surface area (Å²) in [6.07, 6.45) is -0.213. The molecule has 1 fully saturated rings. The number of nitrogens with zero attached hydrogens (tertiary/aromatic N) is 4. The third kappa shape index (κ3) is 5.51. The van der Waals surface area contributed by atoms with E-state index in [1.54, 1.807) is 48.5 Å². The molecule has 16 nitrogen and oxygen atoms in total. The number of amides is 3.